The van der Waals surface area contributed by atoms with Gasteiger partial charge in [0.25, 0.3) is 0 Å². The number of carbonyl (C=O) groups is 2. The normalized spacial score (nSPS) is 13.2. The second kappa shape index (κ2) is 43.9. The van der Waals surface area contributed by atoms with E-state index in [0.29, 0.717) is 11.8 Å². The number of rotatable bonds is 34. The van der Waals surface area contributed by atoms with Gasteiger partial charge in [-0.2, -0.15) is 0 Å². The number of hydrogen-bond donors (Lipinski definition) is 0. The SMILES string of the molecule is CCCCC(CC)CC(CCCC)C(=O)[O-].CCCCC(CC)CC(CCCC)C(=O)[O-].CCCCCCC[CH2][Sn+2][CH2]CCCCCCC. The average Bonchev–Trinajstić information content (AvgIpc) is 3.10. The Hall–Kier alpha value is -0.261. The Morgan fingerprint density at radius 1 is 0.408 bits per heavy atom. The van der Waals surface area contributed by atoms with Gasteiger partial charge >= 0.3 is 121 Å². The van der Waals surface area contributed by atoms with Gasteiger partial charge in [-0.25, -0.2) is 0 Å². The number of carboxylic acids is 2. The molecule has 4 atom stereocenters. The summed E-state index contributed by atoms with van der Waals surface area (Å²) in [7, 11) is 0. The van der Waals surface area contributed by atoms with Crippen molar-refractivity contribution in [1.82, 2.24) is 0 Å². The van der Waals surface area contributed by atoms with Crippen molar-refractivity contribution in [3.8, 4) is 0 Å². The number of aliphatic carboxylic acids is 2. The first-order valence-corrected chi connectivity index (χ1v) is 25.9. The van der Waals surface area contributed by atoms with E-state index in [9.17, 15) is 19.8 Å². The third kappa shape index (κ3) is 40.4. The van der Waals surface area contributed by atoms with Gasteiger partial charge in [-0.15, -0.1) is 0 Å². The molecule has 0 aliphatic carbocycles. The van der Waals surface area contributed by atoms with Gasteiger partial charge in [0.05, 0.1) is 0 Å². The third-order valence-corrected chi connectivity index (χ3v) is 14.3. The van der Waals surface area contributed by atoms with Crippen molar-refractivity contribution in [3.63, 3.8) is 0 Å². The van der Waals surface area contributed by atoms with E-state index in [1.165, 1.54) is 103 Å². The first-order valence-electron chi connectivity index (χ1n) is 21.8. The molecule has 0 N–H and O–H groups in total. The van der Waals surface area contributed by atoms with Crippen LogP contribution in [-0.2, 0) is 9.59 Å². The summed E-state index contributed by atoms with van der Waals surface area (Å²) in [5.74, 6) is -0.991. The van der Waals surface area contributed by atoms with Crippen LogP contribution in [-0.4, -0.2) is 33.1 Å². The van der Waals surface area contributed by atoms with E-state index in [1.54, 1.807) is 21.7 Å². The predicted octanol–water partition coefficient (Wildman–Crippen LogP) is 12.5. The minimum atomic E-state index is -0.844. The molecular formula is C44H88O4Sn. The van der Waals surface area contributed by atoms with Crippen molar-refractivity contribution < 1.29 is 19.8 Å². The molecule has 0 rings (SSSR count). The first kappa shape index (κ1) is 53.1. The average molecular weight is 800 g/mol. The van der Waals surface area contributed by atoms with Gasteiger partial charge in [0.1, 0.15) is 0 Å². The van der Waals surface area contributed by atoms with Crippen molar-refractivity contribution in [1.29, 1.82) is 0 Å². The Labute approximate surface area is 319 Å². The van der Waals surface area contributed by atoms with Crippen LogP contribution in [0.5, 0.6) is 0 Å². The Morgan fingerprint density at radius 3 is 0.980 bits per heavy atom. The van der Waals surface area contributed by atoms with Crippen LogP contribution in [0, 0.1) is 23.7 Å². The van der Waals surface area contributed by atoms with Gasteiger partial charge in [-0.05, 0) is 49.4 Å². The molecule has 4 unspecified atom stereocenters. The zero-order valence-electron chi connectivity index (χ0n) is 34.7. The van der Waals surface area contributed by atoms with E-state index in [1.807, 2.05) is 0 Å². The van der Waals surface area contributed by atoms with E-state index in [4.69, 9.17) is 0 Å². The summed E-state index contributed by atoms with van der Waals surface area (Å²) in [6, 6.07) is 0. The summed E-state index contributed by atoms with van der Waals surface area (Å²) in [6.07, 6.45) is 34.5. The standard InChI is InChI=1S/2C14H28O2.2C8H17.Sn/c2*1-4-7-9-12(6-3)11-13(14(15)16)10-8-5-2;2*1-3-5-7-8-6-4-2;/h2*12-13H,4-11H2,1-3H3,(H,15,16);2*1,3-8H2,2H3;/q;;;;+2/p-2. The van der Waals surface area contributed by atoms with Crippen molar-refractivity contribution in [2.75, 3.05) is 0 Å². The van der Waals surface area contributed by atoms with Crippen molar-refractivity contribution >= 4 is 33.1 Å². The molecular weight excluding hydrogens is 711 g/mol. The molecule has 0 radical (unpaired) electrons. The quantitative estimate of drug-likeness (QED) is 0.0480. The zero-order valence-corrected chi connectivity index (χ0v) is 37.5. The van der Waals surface area contributed by atoms with Crippen LogP contribution in [0.2, 0.25) is 8.87 Å². The molecule has 4 nitrogen and oxygen atoms in total. The Bertz CT molecular complexity index is 601. The molecule has 0 amide bonds. The summed E-state index contributed by atoms with van der Waals surface area (Å²) >= 11 is 0.0736. The summed E-state index contributed by atoms with van der Waals surface area (Å²) in [5, 5.41) is 22.0. The number of carboxylic acid groups (broad SMARTS) is 2. The summed E-state index contributed by atoms with van der Waals surface area (Å²) in [4.78, 5) is 22.0. The molecule has 0 aromatic carbocycles. The molecule has 0 aromatic heterocycles. The molecule has 0 aromatic rings. The number of hydrogen-bond acceptors (Lipinski definition) is 4. The van der Waals surface area contributed by atoms with Crippen LogP contribution in [0.4, 0.5) is 0 Å². The van der Waals surface area contributed by atoms with E-state index in [2.05, 4.69) is 55.4 Å². The molecule has 0 heterocycles. The first-order chi connectivity index (χ1) is 23.7. The van der Waals surface area contributed by atoms with Crippen LogP contribution in [0.25, 0.3) is 0 Å². The Morgan fingerprint density at radius 2 is 0.694 bits per heavy atom. The molecule has 0 aliphatic heterocycles. The molecule has 0 fully saturated rings. The van der Waals surface area contributed by atoms with E-state index in [-0.39, 0.29) is 33.0 Å². The minimum absolute atomic E-state index is 0.0736. The molecule has 0 spiro atoms. The number of carbonyl (C=O) groups excluding carboxylic acids is 2. The van der Waals surface area contributed by atoms with Gasteiger partial charge in [-0.3, -0.25) is 0 Å². The summed E-state index contributed by atoms with van der Waals surface area (Å²) < 4.78 is 3.31. The van der Waals surface area contributed by atoms with Gasteiger partial charge in [0, 0.05) is 11.9 Å². The van der Waals surface area contributed by atoms with Crippen molar-refractivity contribution in [2.24, 2.45) is 23.7 Å². The zero-order chi connectivity index (χ0) is 37.4. The predicted molar refractivity (Wildman–Crippen MR) is 214 cm³/mol. The Kier molecular flexibility index (Phi) is 47.6. The molecule has 0 saturated heterocycles. The molecule has 5 heteroatoms. The molecule has 292 valence electrons. The van der Waals surface area contributed by atoms with Gasteiger partial charge < -0.3 is 19.8 Å². The third-order valence-electron chi connectivity index (χ3n) is 10.2. The van der Waals surface area contributed by atoms with Gasteiger partial charge in [-0.1, -0.05) is 119 Å². The molecule has 49 heavy (non-hydrogen) atoms. The van der Waals surface area contributed by atoms with Gasteiger partial charge in [0.15, 0.2) is 0 Å². The molecule has 0 aliphatic rings. The summed E-state index contributed by atoms with van der Waals surface area (Å²) in [6.45, 7) is 17.5. The molecule has 0 bridgehead atoms. The number of unbranched alkanes of at least 4 members (excludes halogenated alkanes) is 14. The van der Waals surface area contributed by atoms with Crippen LogP contribution >= 0.6 is 0 Å². The fourth-order valence-electron chi connectivity index (χ4n) is 6.52. The topological polar surface area (TPSA) is 80.3 Å². The van der Waals surface area contributed by atoms with Crippen LogP contribution in [0.1, 0.15) is 235 Å². The Balaban J connectivity index is -0.000000648. The van der Waals surface area contributed by atoms with Crippen LogP contribution in [0.3, 0.4) is 0 Å². The van der Waals surface area contributed by atoms with E-state index >= 15 is 0 Å². The van der Waals surface area contributed by atoms with E-state index in [0.717, 1.165) is 64.2 Å². The maximum atomic E-state index is 11.0. The summed E-state index contributed by atoms with van der Waals surface area (Å²) in [5.41, 5.74) is 0. The maximum absolute atomic E-state index is 11.0. The second-order valence-electron chi connectivity index (χ2n) is 14.9. The molecule has 0 saturated carbocycles. The van der Waals surface area contributed by atoms with Crippen LogP contribution < -0.4 is 10.2 Å². The monoisotopic (exact) mass is 801 g/mol. The fourth-order valence-corrected chi connectivity index (χ4v) is 10.1. The fraction of sp³-hybridized carbons (Fsp3) is 0.955. The van der Waals surface area contributed by atoms with Crippen LogP contribution in [0.15, 0.2) is 0 Å². The van der Waals surface area contributed by atoms with E-state index < -0.39 is 11.9 Å². The van der Waals surface area contributed by atoms with Crippen molar-refractivity contribution in [3.05, 3.63) is 0 Å². The van der Waals surface area contributed by atoms with Gasteiger partial charge in [0.2, 0.25) is 0 Å². The second-order valence-corrected chi connectivity index (χ2v) is 19.2. The van der Waals surface area contributed by atoms with Crippen molar-refractivity contribution in [2.45, 2.75) is 244 Å².